The summed E-state index contributed by atoms with van der Waals surface area (Å²) in [4.78, 5) is 3.13. The van der Waals surface area contributed by atoms with Crippen LogP contribution in [0.3, 0.4) is 0 Å². The number of nitrogens with zero attached hydrogens (tertiary/aromatic N) is 1. The minimum Gasteiger partial charge on any atom is -0.331 e. The molecular formula is C15H18ClFN2S. The number of aromatic amines is 1. The average molecular weight is 313 g/mol. The maximum Gasteiger partial charge on any atom is 0.178 e. The van der Waals surface area contributed by atoms with Gasteiger partial charge in [-0.25, -0.2) is 4.39 Å². The van der Waals surface area contributed by atoms with Gasteiger partial charge in [0.1, 0.15) is 5.82 Å². The molecule has 1 aromatic carbocycles. The van der Waals surface area contributed by atoms with Gasteiger partial charge >= 0.3 is 0 Å². The molecule has 5 heteroatoms. The topological polar surface area (TPSA) is 20.7 Å². The molecule has 1 heterocycles. The standard InChI is InChI=1S/C15H18ClFN2S/c1-9-4-2-3-5-10(9)8-19-14-7-12(17)11(16)6-13(14)18-15(19)20/h6-7,9-10H,2-5,8H2,1H3,(H,18,20). The monoisotopic (exact) mass is 312 g/mol. The van der Waals surface area contributed by atoms with Crippen molar-refractivity contribution in [3.8, 4) is 0 Å². The summed E-state index contributed by atoms with van der Waals surface area (Å²) < 4.78 is 16.4. The molecule has 0 aliphatic heterocycles. The van der Waals surface area contributed by atoms with Crippen molar-refractivity contribution >= 4 is 34.9 Å². The summed E-state index contributed by atoms with van der Waals surface area (Å²) >= 11 is 11.2. The molecule has 0 spiro atoms. The lowest BCUT2D eigenvalue weighted by molar-refractivity contribution is 0.230. The molecule has 20 heavy (non-hydrogen) atoms. The Morgan fingerprint density at radius 3 is 2.90 bits per heavy atom. The summed E-state index contributed by atoms with van der Waals surface area (Å²) in [7, 11) is 0. The smallest absolute Gasteiger partial charge is 0.178 e. The van der Waals surface area contributed by atoms with Gasteiger partial charge in [0.2, 0.25) is 0 Å². The van der Waals surface area contributed by atoms with Crippen molar-refractivity contribution in [1.82, 2.24) is 9.55 Å². The Hall–Kier alpha value is -0.870. The van der Waals surface area contributed by atoms with E-state index >= 15 is 0 Å². The van der Waals surface area contributed by atoms with Gasteiger partial charge in [-0.2, -0.15) is 0 Å². The molecule has 0 saturated heterocycles. The largest absolute Gasteiger partial charge is 0.331 e. The SMILES string of the molecule is CC1CCCCC1Cn1c(=S)[nH]c2cc(Cl)c(F)cc21. The van der Waals surface area contributed by atoms with E-state index in [-0.39, 0.29) is 5.02 Å². The first kappa shape index (κ1) is 14.1. The van der Waals surface area contributed by atoms with Crippen LogP contribution in [-0.2, 0) is 6.54 Å². The van der Waals surface area contributed by atoms with Crippen molar-refractivity contribution in [1.29, 1.82) is 0 Å². The zero-order valence-corrected chi connectivity index (χ0v) is 13.0. The second-order valence-electron chi connectivity index (χ2n) is 5.85. The Morgan fingerprint density at radius 1 is 1.40 bits per heavy atom. The van der Waals surface area contributed by atoms with Crippen LogP contribution < -0.4 is 0 Å². The fourth-order valence-corrected chi connectivity index (χ4v) is 3.68. The fraction of sp³-hybridized carbons (Fsp3) is 0.533. The third-order valence-corrected chi connectivity index (χ3v) is 5.13. The third kappa shape index (κ3) is 2.51. The van der Waals surface area contributed by atoms with Gasteiger partial charge in [-0.1, -0.05) is 37.8 Å². The third-order valence-electron chi connectivity index (χ3n) is 4.52. The van der Waals surface area contributed by atoms with Crippen LogP contribution in [-0.4, -0.2) is 9.55 Å². The van der Waals surface area contributed by atoms with Crippen molar-refractivity contribution < 1.29 is 4.39 Å². The van der Waals surface area contributed by atoms with Crippen molar-refractivity contribution in [2.45, 2.75) is 39.2 Å². The lowest BCUT2D eigenvalue weighted by Crippen LogP contribution is -2.22. The van der Waals surface area contributed by atoms with Crippen LogP contribution in [0.25, 0.3) is 11.0 Å². The molecule has 108 valence electrons. The number of hydrogen-bond acceptors (Lipinski definition) is 1. The van der Waals surface area contributed by atoms with Crippen molar-refractivity contribution in [3.05, 3.63) is 27.7 Å². The maximum atomic E-state index is 13.7. The highest BCUT2D eigenvalue weighted by molar-refractivity contribution is 7.71. The summed E-state index contributed by atoms with van der Waals surface area (Å²) in [6, 6.07) is 3.10. The zero-order chi connectivity index (χ0) is 14.3. The number of halogens is 2. The summed E-state index contributed by atoms with van der Waals surface area (Å²) in [6.07, 6.45) is 5.11. The van der Waals surface area contributed by atoms with Crippen LogP contribution in [0.15, 0.2) is 12.1 Å². The molecule has 1 saturated carbocycles. The van der Waals surface area contributed by atoms with Crippen LogP contribution in [0.5, 0.6) is 0 Å². The van der Waals surface area contributed by atoms with Gasteiger partial charge < -0.3 is 9.55 Å². The average Bonchev–Trinajstić information content (AvgIpc) is 2.69. The molecule has 1 aliphatic rings. The summed E-state index contributed by atoms with van der Waals surface area (Å²) in [5.41, 5.74) is 1.62. The second kappa shape index (κ2) is 5.49. The quantitative estimate of drug-likeness (QED) is 0.744. The first-order valence-corrected chi connectivity index (χ1v) is 7.92. The molecule has 0 bridgehead atoms. The molecule has 1 fully saturated rings. The Kier molecular flexibility index (Phi) is 3.87. The van der Waals surface area contributed by atoms with E-state index in [1.807, 2.05) is 4.57 Å². The van der Waals surface area contributed by atoms with Gasteiger partial charge in [-0.3, -0.25) is 0 Å². The molecule has 2 nitrogen and oxygen atoms in total. The van der Waals surface area contributed by atoms with Crippen LogP contribution in [0, 0.1) is 22.4 Å². The van der Waals surface area contributed by atoms with E-state index in [0.717, 1.165) is 17.6 Å². The minimum absolute atomic E-state index is 0.131. The van der Waals surface area contributed by atoms with Gasteiger partial charge in [-0.05, 0) is 36.5 Å². The normalized spacial score (nSPS) is 23.4. The highest BCUT2D eigenvalue weighted by atomic mass is 35.5. The van der Waals surface area contributed by atoms with E-state index in [0.29, 0.717) is 16.6 Å². The van der Waals surface area contributed by atoms with E-state index in [2.05, 4.69) is 11.9 Å². The van der Waals surface area contributed by atoms with Crippen LogP contribution in [0.2, 0.25) is 5.02 Å². The van der Waals surface area contributed by atoms with Gasteiger partial charge in [-0.15, -0.1) is 0 Å². The molecule has 2 aromatic rings. The first-order chi connectivity index (χ1) is 9.56. The van der Waals surface area contributed by atoms with Gasteiger partial charge in [0.15, 0.2) is 4.77 Å². The number of hydrogen-bond donors (Lipinski definition) is 1. The maximum absolute atomic E-state index is 13.7. The molecule has 3 rings (SSSR count). The van der Waals surface area contributed by atoms with E-state index in [9.17, 15) is 4.39 Å². The molecular weight excluding hydrogens is 295 g/mol. The predicted molar refractivity (Wildman–Crippen MR) is 83.2 cm³/mol. The number of rotatable bonds is 2. The minimum atomic E-state index is -0.390. The number of H-pyrrole nitrogens is 1. The Bertz CT molecular complexity index is 691. The summed E-state index contributed by atoms with van der Waals surface area (Å²) in [6.45, 7) is 3.17. The van der Waals surface area contributed by atoms with Crippen molar-refractivity contribution in [2.75, 3.05) is 0 Å². The molecule has 0 radical (unpaired) electrons. The Balaban J connectivity index is 2.00. The number of aromatic nitrogens is 2. The van der Waals surface area contributed by atoms with Crippen LogP contribution in [0.4, 0.5) is 4.39 Å². The lowest BCUT2D eigenvalue weighted by atomic mass is 9.80. The molecule has 2 atom stereocenters. The van der Waals surface area contributed by atoms with E-state index < -0.39 is 5.82 Å². The van der Waals surface area contributed by atoms with E-state index in [1.54, 1.807) is 6.07 Å². The number of nitrogens with one attached hydrogen (secondary N) is 1. The number of fused-ring (bicyclic) bond motifs is 1. The number of imidazole rings is 1. The fourth-order valence-electron chi connectivity index (χ4n) is 3.23. The van der Waals surface area contributed by atoms with E-state index in [1.165, 1.54) is 31.7 Å². The summed E-state index contributed by atoms with van der Waals surface area (Å²) in [5.74, 6) is 0.930. The predicted octanol–water partition coefficient (Wildman–Crippen LogP) is 5.32. The van der Waals surface area contributed by atoms with Gasteiger partial charge in [0.25, 0.3) is 0 Å². The van der Waals surface area contributed by atoms with Gasteiger partial charge in [0, 0.05) is 12.6 Å². The summed E-state index contributed by atoms with van der Waals surface area (Å²) in [5, 5.41) is 0.131. The molecule has 2 unspecified atom stereocenters. The van der Waals surface area contributed by atoms with E-state index in [4.69, 9.17) is 23.8 Å². The van der Waals surface area contributed by atoms with Crippen LogP contribution in [0.1, 0.15) is 32.6 Å². The highest BCUT2D eigenvalue weighted by Crippen LogP contribution is 2.32. The molecule has 1 N–H and O–H groups in total. The van der Waals surface area contributed by atoms with Crippen molar-refractivity contribution in [2.24, 2.45) is 11.8 Å². The second-order valence-corrected chi connectivity index (χ2v) is 6.64. The number of benzene rings is 1. The zero-order valence-electron chi connectivity index (χ0n) is 11.5. The highest BCUT2D eigenvalue weighted by Gasteiger charge is 2.22. The molecule has 1 aliphatic carbocycles. The Labute approximate surface area is 127 Å². The molecule has 0 amide bonds. The first-order valence-electron chi connectivity index (χ1n) is 7.14. The molecule has 1 aromatic heterocycles. The Morgan fingerprint density at radius 2 is 2.15 bits per heavy atom. The van der Waals surface area contributed by atoms with Gasteiger partial charge in [0.05, 0.1) is 16.1 Å². The van der Waals surface area contributed by atoms with Crippen LogP contribution >= 0.6 is 23.8 Å². The van der Waals surface area contributed by atoms with Crippen molar-refractivity contribution in [3.63, 3.8) is 0 Å². The lowest BCUT2D eigenvalue weighted by Gasteiger charge is -2.29.